The van der Waals surface area contributed by atoms with Gasteiger partial charge in [-0.2, -0.15) is 5.10 Å². The molecule has 0 fully saturated rings. The molecule has 0 saturated carbocycles. The van der Waals surface area contributed by atoms with Crippen LogP contribution in [-0.4, -0.2) is 23.7 Å². The third-order valence-corrected chi connectivity index (χ3v) is 6.08. The van der Waals surface area contributed by atoms with Gasteiger partial charge in [0.05, 0.1) is 6.21 Å². The fraction of sp³-hybridized carbons (Fsp3) is 0.0690. The highest BCUT2D eigenvalue weighted by molar-refractivity contribution is 9.10. The molecule has 6 nitrogen and oxygen atoms in total. The smallest absolute Gasteiger partial charge is 0.277 e. The van der Waals surface area contributed by atoms with Gasteiger partial charge < -0.3 is 9.47 Å². The number of aromatic nitrogens is 1. The van der Waals surface area contributed by atoms with Crippen LogP contribution in [0.15, 0.2) is 107 Å². The van der Waals surface area contributed by atoms with Crippen LogP contribution in [0.5, 0.6) is 11.5 Å². The Morgan fingerprint density at radius 3 is 2.64 bits per heavy atom. The molecule has 5 aromatic rings. The molecule has 0 unspecified atom stereocenters. The van der Waals surface area contributed by atoms with Gasteiger partial charge in [0, 0.05) is 21.6 Å². The minimum atomic E-state index is -0.382. The third kappa shape index (κ3) is 5.53. The van der Waals surface area contributed by atoms with Crippen molar-refractivity contribution in [2.75, 3.05) is 6.61 Å². The summed E-state index contributed by atoms with van der Waals surface area (Å²) >= 11 is 3.49. The Labute approximate surface area is 216 Å². The number of carbonyl (C=O) groups excluding carboxylic acids is 1. The van der Waals surface area contributed by atoms with Gasteiger partial charge in [0.15, 0.2) is 6.61 Å². The van der Waals surface area contributed by atoms with Crippen molar-refractivity contribution in [1.82, 2.24) is 10.4 Å². The van der Waals surface area contributed by atoms with Crippen LogP contribution >= 0.6 is 15.9 Å². The van der Waals surface area contributed by atoms with Crippen LogP contribution in [0.4, 0.5) is 0 Å². The van der Waals surface area contributed by atoms with E-state index in [4.69, 9.17) is 9.47 Å². The van der Waals surface area contributed by atoms with Crippen molar-refractivity contribution in [1.29, 1.82) is 0 Å². The molecule has 1 amide bonds. The first-order chi connectivity index (χ1) is 17.7. The van der Waals surface area contributed by atoms with Crippen LogP contribution < -0.4 is 14.9 Å². The van der Waals surface area contributed by atoms with Gasteiger partial charge in [-0.05, 0) is 46.7 Å². The molecular formula is C29H22BrN3O3. The van der Waals surface area contributed by atoms with Crippen molar-refractivity contribution in [3.63, 3.8) is 0 Å². The summed E-state index contributed by atoms with van der Waals surface area (Å²) in [6.45, 7) is 0.221. The molecule has 0 aliphatic rings. The maximum atomic E-state index is 12.3. The lowest BCUT2D eigenvalue weighted by Crippen LogP contribution is -2.24. The highest BCUT2D eigenvalue weighted by atomic mass is 79.9. The summed E-state index contributed by atoms with van der Waals surface area (Å²) in [6, 6.07) is 29.4. The number of amides is 1. The summed E-state index contributed by atoms with van der Waals surface area (Å²) in [5.74, 6) is 0.818. The van der Waals surface area contributed by atoms with E-state index in [1.807, 2.05) is 60.7 Å². The van der Waals surface area contributed by atoms with Gasteiger partial charge in [0.2, 0.25) is 0 Å². The average molecular weight is 540 g/mol. The van der Waals surface area contributed by atoms with E-state index in [-0.39, 0.29) is 12.5 Å². The molecule has 0 saturated heterocycles. The lowest BCUT2D eigenvalue weighted by Gasteiger charge is -2.11. The van der Waals surface area contributed by atoms with Gasteiger partial charge in [0.1, 0.15) is 23.6 Å². The number of fused-ring (bicyclic) bond motifs is 2. The topological polar surface area (TPSA) is 72.8 Å². The van der Waals surface area contributed by atoms with E-state index in [0.717, 1.165) is 26.4 Å². The second-order valence-corrected chi connectivity index (χ2v) is 8.94. The molecule has 1 heterocycles. The average Bonchev–Trinajstić information content (AvgIpc) is 2.91. The lowest BCUT2D eigenvalue weighted by atomic mass is 10.1. The van der Waals surface area contributed by atoms with Crippen LogP contribution in [0.3, 0.4) is 0 Å². The van der Waals surface area contributed by atoms with E-state index < -0.39 is 0 Å². The van der Waals surface area contributed by atoms with E-state index in [0.29, 0.717) is 23.6 Å². The summed E-state index contributed by atoms with van der Waals surface area (Å²) in [6.07, 6.45) is 3.25. The van der Waals surface area contributed by atoms with Crippen LogP contribution in [0.25, 0.3) is 21.7 Å². The zero-order chi connectivity index (χ0) is 24.7. The number of pyridine rings is 1. The van der Waals surface area contributed by atoms with Crippen molar-refractivity contribution < 1.29 is 14.3 Å². The highest BCUT2D eigenvalue weighted by Gasteiger charge is 2.08. The molecule has 0 spiro atoms. The van der Waals surface area contributed by atoms with Crippen molar-refractivity contribution >= 4 is 49.7 Å². The molecule has 1 N–H and O–H groups in total. The van der Waals surface area contributed by atoms with E-state index in [1.165, 1.54) is 5.39 Å². The van der Waals surface area contributed by atoms with Gasteiger partial charge >= 0.3 is 0 Å². The minimum absolute atomic E-state index is 0.185. The van der Waals surface area contributed by atoms with E-state index in [9.17, 15) is 4.79 Å². The maximum Gasteiger partial charge on any atom is 0.277 e. The summed E-state index contributed by atoms with van der Waals surface area (Å²) in [7, 11) is 0. The number of carbonyl (C=O) groups is 1. The summed E-state index contributed by atoms with van der Waals surface area (Å²) in [5, 5.41) is 7.37. The molecule has 178 valence electrons. The number of rotatable bonds is 8. The Hall–Kier alpha value is -4.23. The first-order valence-electron chi connectivity index (χ1n) is 11.3. The molecule has 36 heavy (non-hydrogen) atoms. The fourth-order valence-corrected chi connectivity index (χ4v) is 4.25. The van der Waals surface area contributed by atoms with Crippen LogP contribution in [0.2, 0.25) is 0 Å². The molecule has 5 rings (SSSR count). The summed E-state index contributed by atoms with van der Waals surface area (Å²) < 4.78 is 12.7. The number of halogens is 1. The molecule has 0 radical (unpaired) electrons. The molecule has 4 aromatic carbocycles. The number of nitrogens with one attached hydrogen (secondary N) is 1. The molecule has 0 aliphatic heterocycles. The SMILES string of the molecule is O=C(COc1cccc2cccnc12)N/N=C\c1cc(Br)ccc1OCc1cccc2ccccc12. The maximum absolute atomic E-state index is 12.3. The second kappa shape index (κ2) is 11.0. The standard InChI is InChI=1S/C29H22BrN3O3/c30-24-13-14-26(35-18-22-9-3-7-20-6-1-2-11-25(20)22)23(16-24)17-32-33-28(34)19-36-27-12-4-8-21-10-5-15-31-29(21)27/h1-17H,18-19H2,(H,33,34)/b32-17-. The minimum Gasteiger partial charge on any atom is -0.488 e. The number of para-hydroxylation sites is 1. The normalized spacial score (nSPS) is 11.1. The molecule has 0 aliphatic carbocycles. The van der Waals surface area contributed by atoms with Gasteiger partial charge in [-0.25, -0.2) is 5.43 Å². The first kappa shape index (κ1) is 23.5. The quantitative estimate of drug-likeness (QED) is 0.186. The van der Waals surface area contributed by atoms with Gasteiger partial charge in [-0.15, -0.1) is 0 Å². The van der Waals surface area contributed by atoms with Crippen molar-refractivity contribution in [3.8, 4) is 11.5 Å². The Bertz CT molecular complexity index is 1560. The zero-order valence-corrected chi connectivity index (χ0v) is 20.8. The lowest BCUT2D eigenvalue weighted by molar-refractivity contribution is -0.123. The summed E-state index contributed by atoms with van der Waals surface area (Å²) in [5.41, 5.74) is 5.03. The van der Waals surface area contributed by atoms with E-state index >= 15 is 0 Å². The Morgan fingerprint density at radius 1 is 0.889 bits per heavy atom. The van der Waals surface area contributed by atoms with Crippen LogP contribution in [0.1, 0.15) is 11.1 Å². The molecule has 1 aromatic heterocycles. The van der Waals surface area contributed by atoms with Crippen LogP contribution in [0, 0.1) is 0 Å². The van der Waals surface area contributed by atoms with Crippen molar-refractivity contribution in [3.05, 3.63) is 113 Å². The van der Waals surface area contributed by atoms with Gasteiger partial charge in [-0.1, -0.05) is 76.6 Å². The number of hydrazone groups is 1. The number of hydrogen-bond acceptors (Lipinski definition) is 5. The summed E-state index contributed by atoms with van der Waals surface area (Å²) in [4.78, 5) is 16.6. The molecule has 0 bridgehead atoms. The van der Waals surface area contributed by atoms with Crippen molar-refractivity contribution in [2.24, 2.45) is 5.10 Å². The second-order valence-electron chi connectivity index (χ2n) is 8.02. The van der Waals surface area contributed by atoms with Crippen LogP contribution in [-0.2, 0) is 11.4 Å². The number of nitrogens with zero attached hydrogens (tertiary/aromatic N) is 2. The van der Waals surface area contributed by atoms with E-state index in [1.54, 1.807) is 18.5 Å². The molecule has 0 atom stereocenters. The predicted molar refractivity (Wildman–Crippen MR) is 145 cm³/mol. The first-order valence-corrected chi connectivity index (χ1v) is 12.1. The van der Waals surface area contributed by atoms with Crippen molar-refractivity contribution in [2.45, 2.75) is 6.61 Å². The van der Waals surface area contributed by atoms with Gasteiger partial charge in [0.25, 0.3) is 5.91 Å². The number of ether oxygens (including phenoxy) is 2. The highest BCUT2D eigenvalue weighted by Crippen LogP contribution is 2.25. The Balaban J connectivity index is 1.23. The number of benzene rings is 4. The van der Waals surface area contributed by atoms with E-state index in [2.05, 4.69) is 55.7 Å². The number of hydrogen-bond donors (Lipinski definition) is 1. The monoisotopic (exact) mass is 539 g/mol. The molecular weight excluding hydrogens is 518 g/mol. The Morgan fingerprint density at radius 2 is 1.69 bits per heavy atom. The Kier molecular flexibility index (Phi) is 7.19. The molecule has 7 heteroatoms. The zero-order valence-electron chi connectivity index (χ0n) is 19.2. The predicted octanol–water partition coefficient (Wildman–Crippen LogP) is 6.26. The fourth-order valence-electron chi connectivity index (χ4n) is 3.87. The van der Waals surface area contributed by atoms with Gasteiger partial charge in [-0.3, -0.25) is 9.78 Å². The third-order valence-electron chi connectivity index (χ3n) is 5.58. The largest absolute Gasteiger partial charge is 0.488 e.